The lowest BCUT2D eigenvalue weighted by atomic mass is 9.97. The lowest BCUT2D eigenvalue weighted by molar-refractivity contribution is 0.0600. The van der Waals surface area contributed by atoms with E-state index in [1.54, 1.807) is 6.07 Å². The standard InChI is InChI=1S/C12H13NO2/c1-4-9-5-8(2)6-10(11(9)7-13)12(14)15-3/h5-6H,4H2,1-3H3. The largest absolute Gasteiger partial charge is 0.465 e. The zero-order valence-electron chi connectivity index (χ0n) is 9.13. The van der Waals surface area contributed by atoms with Crippen molar-refractivity contribution in [2.24, 2.45) is 0 Å². The third-order valence-electron chi connectivity index (χ3n) is 2.26. The normalized spacial score (nSPS) is 9.47. The van der Waals surface area contributed by atoms with Crippen LogP contribution < -0.4 is 0 Å². The number of carbonyl (C=O) groups excluding carboxylic acids is 1. The van der Waals surface area contributed by atoms with Crippen LogP contribution in [0.5, 0.6) is 0 Å². The van der Waals surface area contributed by atoms with Crippen LogP contribution in [-0.2, 0) is 11.2 Å². The molecule has 1 aromatic rings. The minimum absolute atomic E-state index is 0.358. The summed E-state index contributed by atoms with van der Waals surface area (Å²) in [6.07, 6.45) is 0.731. The Labute approximate surface area is 89.3 Å². The zero-order chi connectivity index (χ0) is 11.4. The molecule has 0 saturated carbocycles. The summed E-state index contributed by atoms with van der Waals surface area (Å²) < 4.78 is 4.64. The predicted octanol–water partition coefficient (Wildman–Crippen LogP) is 2.22. The van der Waals surface area contributed by atoms with Gasteiger partial charge in [0.2, 0.25) is 0 Å². The molecule has 0 N–H and O–H groups in total. The van der Waals surface area contributed by atoms with Crippen molar-refractivity contribution in [2.75, 3.05) is 7.11 Å². The lowest BCUT2D eigenvalue weighted by Crippen LogP contribution is -2.07. The molecule has 0 amide bonds. The molecule has 15 heavy (non-hydrogen) atoms. The number of hydrogen-bond donors (Lipinski definition) is 0. The van der Waals surface area contributed by atoms with Crippen molar-refractivity contribution in [3.63, 3.8) is 0 Å². The molecule has 0 aliphatic carbocycles. The second kappa shape index (κ2) is 4.61. The average molecular weight is 203 g/mol. The van der Waals surface area contributed by atoms with E-state index in [0.717, 1.165) is 17.5 Å². The van der Waals surface area contributed by atoms with Gasteiger partial charge in [-0.05, 0) is 30.5 Å². The van der Waals surface area contributed by atoms with E-state index in [2.05, 4.69) is 10.8 Å². The summed E-state index contributed by atoms with van der Waals surface area (Å²) in [5.74, 6) is -0.454. The van der Waals surface area contributed by atoms with Gasteiger partial charge < -0.3 is 4.74 Å². The number of rotatable bonds is 2. The van der Waals surface area contributed by atoms with Crippen molar-refractivity contribution in [2.45, 2.75) is 20.3 Å². The predicted molar refractivity (Wildman–Crippen MR) is 56.6 cm³/mol. The first kappa shape index (κ1) is 11.3. The fourth-order valence-electron chi connectivity index (χ4n) is 1.54. The topological polar surface area (TPSA) is 50.1 Å². The van der Waals surface area contributed by atoms with Gasteiger partial charge in [-0.1, -0.05) is 13.0 Å². The van der Waals surface area contributed by atoms with Gasteiger partial charge in [-0.15, -0.1) is 0 Å². The average Bonchev–Trinajstić information content (AvgIpc) is 2.26. The number of esters is 1. The molecule has 0 aromatic heterocycles. The van der Waals surface area contributed by atoms with Crippen molar-refractivity contribution in [3.05, 3.63) is 34.4 Å². The third-order valence-corrected chi connectivity index (χ3v) is 2.26. The van der Waals surface area contributed by atoms with Crippen molar-refractivity contribution in [1.29, 1.82) is 5.26 Å². The van der Waals surface area contributed by atoms with Crippen LogP contribution >= 0.6 is 0 Å². The van der Waals surface area contributed by atoms with Crippen LogP contribution in [-0.4, -0.2) is 13.1 Å². The van der Waals surface area contributed by atoms with Gasteiger partial charge in [0.05, 0.1) is 18.2 Å². The van der Waals surface area contributed by atoms with Crippen LogP contribution in [0.4, 0.5) is 0 Å². The molecular formula is C12H13NO2. The van der Waals surface area contributed by atoms with Crippen molar-refractivity contribution in [1.82, 2.24) is 0 Å². The maximum Gasteiger partial charge on any atom is 0.339 e. The van der Waals surface area contributed by atoms with Gasteiger partial charge in [0.25, 0.3) is 0 Å². The molecule has 3 heteroatoms. The van der Waals surface area contributed by atoms with Crippen LogP contribution in [0.1, 0.15) is 34.0 Å². The van der Waals surface area contributed by atoms with E-state index < -0.39 is 5.97 Å². The third kappa shape index (κ3) is 2.16. The Hall–Kier alpha value is -1.82. The smallest absolute Gasteiger partial charge is 0.339 e. The molecule has 0 bridgehead atoms. The van der Waals surface area contributed by atoms with E-state index in [-0.39, 0.29) is 0 Å². The molecule has 0 unspecified atom stereocenters. The minimum atomic E-state index is -0.454. The number of methoxy groups -OCH3 is 1. The van der Waals surface area contributed by atoms with Crippen molar-refractivity contribution >= 4 is 5.97 Å². The molecule has 1 rings (SSSR count). The maximum atomic E-state index is 11.4. The number of nitriles is 1. The van der Waals surface area contributed by atoms with Crippen LogP contribution in [0.15, 0.2) is 12.1 Å². The van der Waals surface area contributed by atoms with E-state index in [1.807, 2.05) is 19.9 Å². The number of hydrogen-bond acceptors (Lipinski definition) is 3. The number of carbonyl (C=O) groups is 1. The van der Waals surface area contributed by atoms with Crippen LogP contribution in [0.3, 0.4) is 0 Å². The van der Waals surface area contributed by atoms with Crippen LogP contribution in [0, 0.1) is 18.3 Å². The molecule has 0 fully saturated rings. The zero-order valence-corrected chi connectivity index (χ0v) is 9.13. The molecule has 0 radical (unpaired) electrons. The highest BCUT2D eigenvalue weighted by molar-refractivity contribution is 5.92. The molecule has 0 spiro atoms. The Morgan fingerprint density at radius 1 is 1.53 bits per heavy atom. The van der Waals surface area contributed by atoms with E-state index in [1.165, 1.54) is 7.11 Å². The summed E-state index contributed by atoms with van der Waals surface area (Å²) in [7, 11) is 1.32. The van der Waals surface area contributed by atoms with E-state index >= 15 is 0 Å². The van der Waals surface area contributed by atoms with Gasteiger partial charge in [-0.3, -0.25) is 0 Å². The second-order valence-corrected chi connectivity index (χ2v) is 3.30. The van der Waals surface area contributed by atoms with E-state index in [9.17, 15) is 4.79 Å². The molecule has 0 saturated heterocycles. The first-order valence-corrected chi connectivity index (χ1v) is 4.76. The number of benzene rings is 1. The Morgan fingerprint density at radius 3 is 2.67 bits per heavy atom. The fourth-order valence-corrected chi connectivity index (χ4v) is 1.54. The summed E-state index contributed by atoms with van der Waals surface area (Å²) in [5, 5.41) is 9.01. The summed E-state index contributed by atoms with van der Waals surface area (Å²) in [4.78, 5) is 11.4. The van der Waals surface area contributed by atoms with Gasteiger partial charge in [0.1, 0.15) is 6.07 Å². The Kier molecular flexibility index (Phi) is 3.46. The molecular weight excluding hydrogens is 190 g/mol. The van der Waals surface area contributed by atoms with E-state index in [4.69, 9.17) is 5.26 Å². The van der Waals surface area contributed by atoms with Gasteiger partial charge in [-0.2, -0.15) is 5.26 Å². The van der Waals surface area contributed by atoms with Crippen molar-refractivity contribution in [3.8, 4) is 6.07 Å². The minimum Gasteiger partial charge on any atom is -0.465 e. The first-order chi connectivity index (χ1) is 7.13. The Balaban J connectivity index is 3.43. The highest BCUT2D eigenvalue weighted by Crippen LogP contribution is 2.18. The van der Waals surface area contributed by atoms with Crippen LogP contribution in [0.25, 0.3) is 0 Å². The first-order valence-electron chi connectivity index (χ1n) is 4.76. The van der Waals surface area contributed by atoms with Gasteiger partial charge in [-0.25, -0.2) is 4.79 Å². The molecule has 0 heterocycles. The second-order valence-electron chi connectivity index (χ2n) is 3.30. The summed E-state index contributed by atoms with van der Waals surface area (Å²) in [6, 6.07) is 5.66. The van der Waals surface area contributed by atoms with Gasteiger partial charge in [0, 0.05) is 0 Å². The number of nitrogens with zero attached hydrogens (tertiary/aromatic N) is 1. The molecule has 3 nitrogen and oxygen atoms in total. The van der Waals surface area contributed by atoms with Crippen LogP contribution in [0.2, 0.25) is 0 Å². The highest BCUT2D eigenvalue weighted by Gasteiger charge is 2.15. The Bertz CT molecular complexity index is 430. The van der Waals surface area contributed by atoms with E-state index in [0.29, 0.717) is 11.1 Å². The Morgan fingerprint density at radius 2 is 2.20 bits per heavy atom. The summed E-state index contributed by atoms with van der Waals surface area (Å²) in [5.41, 5.74) is 2.64. The van der Waals surface area contributed by atoms with Gasteiger partial charge >= 0.3 is 5.97 Å². The SMILES string of the molecule is CCc1cc(C)cc(C(=O)OC)c1C#N. The maximum absolute atomic E-state index is 11.4. The molecule has 0 aliphatic heterocycles. The van der Waals surface area contributed by atoms with Crippen molar-refractivity contribution < 1.29 is 9.53 Å². The monoisotopic (exact) mass is 203 g/mol. The number of aryl methyl sites for hydroxylation is 2. The summed E-state index contributed by atoms with van der Waals surface area (Å²) >= 11 is 0. The molecule has 0 aliphatic rings. The lowest BCUT2D eigenvalue weighted by Gasteiger charge is -2.08. The quantitative estimate of drug-likeness (QED) is 0.692. The summed E-state index contributed by atoms with van der Waals surface area (Å²) in [6.45, 7) is 3.85. The highest BCUT2D eigenvalue weighted by atomic mass is 16.5. The number of ether oxygens (including phenoxy) is 1. The van der Waals surface area contributed by atoms with Gasteiger partial charge in [0.15, 0.2) is 0 Å². The fraction of sp³-hybridized carbons (Fsp3) is 0.333. The molecule has 1 aromatic carbocycles. The molecule has 78 valence electrons. The molecule has 0 atom stereocenters.